The summed E-state index contributed by atoms with van der Waals surface area (Å²) in [5, 5.41) is 3.11. The smallest absolute Gasteiger partial charge is 0.262 e. The third-order valence-corrected chi connectivity index (χ3v) is 5.00. The molecule has 1 fully saturated rings. The fraction of sp³-hybridized carbons (Fsp3) is 0.333. The third-order valence-electron chi connectivity index (χ3n) is 5.00. The maximum Gasteiger partial charge on any atom is 0.262 e. The lowest BCUT2D eigenvalue weighted by molar-refractivity contribution is 0.0857. The first-order valence-corrected chi connectivity index (χ1v) is 9.29. The number of halogens is 1. The molecule has 1 atom stereocenters. The van der Waals surface area contributed by atoms with Crippen molar-refractivity contribution in [3.63, 3.8) is 0 Å². The Morgan fingerprint density at radius 1 is 1.29 bits per heavy atom. The van der Waals surface area contributed by atoms with E-state index >= 15 is 0 Å². The third kappa shape index (κ3) is 3.57. The molecular formula is C21H21FN2O4. The van der Waals surface area contributed by atoms with Gasteiger partial charge in [0.25, 0.3) is 11.5 Å². The summed E-state index contributed by atoms with van der Waals surface area (Å²) < 4.78 is 25.8. The first-order chi connectivity index (χ1) is 13.5. The molecule has 0 saturated carbocycles. The molecule has 1 aromatic carbocycles. The van der Waals surface area contributed by atoms with Gasteiger partial charge < -0.3 is 19.0 Å². The van der Waals surface area contributed by atoms with Crippen molar-refractivity contribution in [2.24, 2.45) is 0 Å². The molecule has 1 amide bonds. The van der Waals surface area contributed by atoms with Crippen molar-refractivity contribution in [3.8, 4) is 0 Å². The first kappa shape index (κ1) is 18.4. The summed E-state index contributed by atoms with van der Waals surface area (Å²) in [5.74, 6) is -0.276. The van der Waals surface area contributed by atoms with Crippen molar-refractivity contribution < 1.29 is 18.3 Å². The average molecular weight is 384 g/mol. The van der Waals surface area contributed by atoms with Crippen molar-refractivity contribution in [1.82, 2.24) is 9.88 Å². The maximum atomic E-state index is 13.1. The van der Waals surface area contributed by atoms with E-state index in [0.717, 1.165) is 18.4 Å². The number of aromatic nitrogens is 1. The Labute approximate surface area is 160 Å². The van der Waals surface area contributed by atoms with Gasteiger partial charge in [0.1, 0.15) is 17.2 Å². The van der Waals surface area contributed by atoms with E-state index in [0.29, 0.717) is 24.5 Å². The number of carbonyl (C=O) groups excluding carboxylic acids is 1. The van der Waals surface area contributed by atoms with Crippen LogP contribution in [-0.4, -0.2) is 29.7 Å². The van der Waals surface area contributed by atoms with E-state index in [1.54, 1.807) is 31.3 Å². The Morgan fingerprint density at radius 3 is 2.79 bits per heavy atom. The second kappa shape index (κ2) is 7.59. The molecule has 28 heavy (non-hydrogen) atoms. The quantitative estimate of drug-likeness (QED) is 0.734. The Kier molecular flexibility index (Phi) is 5.00. The van der Waals surface area contributed by atoms with E-state index in [9.17, 15) is 14.0 Å². The zero-order valence-electron chi connectivity index (χ0n) is 15.5. The molecule has 3 aromatic rings. The van der Waals surface area contributed by atoms with Gasteiger partial charge in [-0.2, -0.15) is 0 Å². The van der Waals surface area contributed by atoms with Crippen molar-refractivity contribution in [2.75, 3.05) is 13.2 Å². The first-order valence-electron chi connectivity index (χ1n) is 9.29. The summed E-state index contributed by atoms with van der Waals surface area (Å²) >= 11 is 0. The predicted molar refractivity (Wildman–Crippen MR) is 102 cm³/mol. The van der Waals surface area contributed by atoms with Crippen LogP contribution in [0.15, 0.2) is 45.7 Å². The number of furan rings is 1. The molecule has 146 valence electrons. The molecule has 0 bridgehead atoms. The second-order valence-electron chi connectivity index (χ2n) is 6.99. The minimum absolute atomic E-state index is 0.0116. The minimum atomic E-state index is -0.344. The molecule has 7 heteroatoms. The number of benzene rings is 1. The number of fused-ring (bicyclic) bond motifs is 1. The molecule has 0 radical (unpaired) electrons. The molecule has 0 unspecified atom stereocenters. The molecular weight excluding hydrogens is 363 g/mol. The van der Waals surface area contributed by atoms with Crippen LogP contribution in [-0.2, 0) is 11.3 Å². The number of hydrogen-bond acceptors (Lipinski definition) is 4. The fourth-order valence-electron chi connectivity index (χ4n) is 3.55. The monoisotopic (exact) mass is 384 g/mol. The van der Waals surface area contributed by atoms with Crippen LogP contribution in [0.3, 0.4) is 0 Å². The minimum Gasteiger partial charge on any atom is -0.460 e. The summed E-state index contributed by atoms with van der Waals surface area (Å²) in [7, 11) is 0. The zero-order chi connectivity index (χ0) is 19.7. The normalized spacial score (nSPS) is 16.6. The van der Waals surface area contributed by atoms with Crippen LogP contribution in [0.5, 0.6) is 0 Å². The molecule has 1 aliphatic rings. The zero-order valence-corrected chi connectivity index (χ0v) is 15.5. The van der Waals surface area contributed by atoms with Crippen LogP contribution in [0.1, 0.15) is 34.5 Å². The lowest BCUT2D eigenvalue weighted by Gasteiger charge is -2.10. The van der Waals surface area contributed by atoms with Gasteiger partial charge in [-0.05, 0) is 43.5 Å². The molecule has 2 aromatic heterocycles. The summed E-state index contributed by atoms with van der Waals surface area (Å²) in [5.41, 5.74) is 1.10. The molecule has 4 rings (SSSR count). The van der Waals surface area contributed by atoms with Gasteiger partial charge in [-0.3, -0.25) is 9.59 Å². The topological polar surface area (TPSA) is 73.5 Å². The standard InChI is InChI=1S/C21H21FN2O4/c1-13-18(20(25)23-11-16-3-2-10-27-16)19-17(28-13)8-9-24(21(19)26)12-14-4-6-15(22)7-5-14/h4-9,16H,2-3,10-12H2,1H3,(H,23,25)/t16-/m1/s1. The number of pyridine rings is 1. The van der Waals surface area contributed by atoms with Gasteiger partial charge in [-0.25, -0.2) is 4.39 Å². The lowest BCUT2D eigenvalue weighted by atomic mass is 10.1. The number of hydrogen-bond donors (Lipinski definition) is 1. The van der Waals surface area contributed by atoms with Gasteiger partial charge in [0.05, 0.1) is 23.6 Å². The molecule has 1 aliphatic heterocycles. The van der Waals surface area contributed by atoms with Gasteiger partial charge in [0.2, 0.25) is 0 Å². The lowest BCUT2D eigenvalue weighted by Crippen LogP contribution is -2.32. The highest BCUT2D eigenvalue weighted by molar-refractivity contribution is 6.06. The Hall–Kier alpha value is -2.93. The number of carbonyl (C=O) groups is 1. The summed E-state index contributed by atoms with van der Waals surface area (Å²) in [6, 6.07) is 7.63. The second-order valence-corrected chi connectivity index (χ2v) is 6.99. The van der Waals surface area contributed by atoms with E-state index in [1.165, 1.54) is 16.7 Å². The number of aryl methyl sites for hydroxylation is 1. The highest BCUT2D eigenvalue weighted by Gasteiger charge is 2.23. The summed E-state index contributed by atoms with van der Waals surface area (Å²) in [4.78, 5) is 25.8. The Morgan fingerprint density at radius 2 is 2.07 bits per heavy atom. The highest BCUT2D eigenvalue weighted by Crippen LogP contribution is 2.23. The Bertz CT molecular complexity index is 1060. The van der Waals surface area contributed by atoms with Gasteiger partial charge >= 0.3 is 0 Å². The van der Waals surface area contributed by atoms with E-state index in [4.69, 9.17) is 9.15 Å². The largest absolute Gasteiger partial charge is 0.460 e. The molecule has 1 saturated heterocycles. The van der Waals surface area contributed by atoms with Gasteiger partial charge in [-0.1, -0.05) is 12.1 Å². The highest BCUT2D eigenvalue weighted by atomic mass is 19.1. The number of nitrogens with one attached hydrogen (secondary N) is 1. The van der Waals surface area contributed by atoms with Crippen LogP contribution in [0.2, 0.25) is 0 Å². The molecule has 1 N–H and O–H groups in total. The maximum absolute atomic E-state index is 13.1. The summed E-state index contributed by atoms with van der Waals surface area (Å²) in [6.45, 7) is 3.06. The van der Waals surface area contributed by atoms with Gasteiger partial charge in [0.15, 0.2) is 0 Å². The van der Waals surface area contributed by atoms with E-state index in [2.05, 4.69) is 5.32 Å². The van der Waals surface area contributed by atoms with E-state index in [1.807, 2.05) is 0 Å². The van der Waals surface area contributed by atoms with Crippen molar-refractivity contribution in [1.29, 1.82) is 0 Å². The van der Waals surface area contributed by atoms with Crippen molar-refractivity contribution in [2.45, 2.75) is 32.4 Å². The number of amides is 1. The summed E-state index contributed by atoms with van der Waals surface area (Å²) in [6.07, 6.45) is 3.53. The number of nitrogens with zero attached hydrogens (tertiary/aromatic N) is 1. The van der Waals surface area contributed by atoms with Gasteiger partial charge in [0, 0.05) is 19.3 Å². The number of rotatable bonds is 5. The van der Waals surface area contributed by atoms with Crippen molar-refractivity contribution in [3.05, 3.63) is 69.6 Å². The van der Waals surface area contributed by atoms with Crippen molar-refractivity contribution >= 4 is 16.9 Å². The van der Waals surface area contributed by atoms with Gasteiger partial charge in [-0.15, -0.1) is 0 Å². The van der Waals surface area contributed by atoms with Crippen LogP contribution < -0.4 is 10.9 Å². The van der Waals surface area contributed by atoms with Crippen LogP contribution in [0.4, 0.5) is 4.39 Å². The molecule has 0 spiro atoms. The Balaban J connectivity index is 1.64. The molecule has 3 heterocycles. The van der Waals surface area contributed by atoms with Crippen LogP contribution in [0, 0.1) is 12.7 Å². The average Bonchev–Trinajstić information content (AvgIpc) is 3.31. The predicted octanol–water partition coefficient (Wildman–Crippen LogP) is 3.00. The number of ether oxygens (including phenoxy) is 1. The van der Waals surface area contributed by atoms with Crippen LogP contribution in [0.25, 0.3) is 11.0 Å². The SMILES string of the molecule is Cc1oc2ccn(Cc3ccc(F)cc3)c(=O)c2c1C(=O)NC[C@H]1CCCO1. The van der Waals surface area contributed by atoms with E-state index < -0.39 is 0 Å². The van der Waals surface area contributed by atoms with E-state index in [-0.39, 0.29) is 40.9 Å². The fourth-order valence-corrected chi connectivity index (χ4v) is 3.55. The molecule has 6 nitrogen and oxygen atoms in total. The van der Waals surface area contributed by atoms with Crippen LogP contribution >= 0.6 is 0 Å². The molecule has 0 aliphatic carbocycles.